The first-order valence-corrected chi connectivity index (χ1v) is 7.75. The van der Waals surface area contributed by atoms with Crippen molar-refractivity contribution < 1.29 is 0 Å². The minimum atomic E-state index is 0.698. The Morgan fingerprint density at radius 3 is 2.00 bits per heavy atom. The molecule has 1 unspecified atom stereocenters. The van der Waals surface area contributed by atoms with Crippen molar-refractivity contribution in [3.8, 4) is 0 Å². The van der Waals surface area contributed by atoms with Crippen molar-refractivity contribution in [2.45, 2.75) is 74.1 Å². The first-order chi connectivity index (χ1) is 8.79. The van der Waals surface area contributed by atoms with Gasteiger partial charge in [0.1, 0.15) is 0 Å². The summed E-state index contributed by atoms with van der Waals surface area (Å²) in [5.41, 5.74) is 1.39. The average molecular weight is 252 g/mol. The molecule has 0 aliphatic heterocycles. The van der Waals surface area contributed by atoms with E-state index in [0.29, 0.717) is 5.92 Å². The van der Waals surface area contributed by atoms with E-state index < -0.39 is 0 Å². The van der Waals surface area contributed by atoms with Gasteiger partial charge in [-0.05, 0) is 31.3 Å². The van der Waals surface area contributed by atoms with Gasteiger partial charge in [-0.15, -0.1) is 0 Å². The highest BCUT2D eigenvalue weighted by Gasteiger charge is 2.07. The van der Waals surface area contributed by atoms with Gasteiger partial charge in [-0.2, -0.15) is 0 Å². The molecule has 0 aromatic heterocycles. The van der Waals surface area contributed by atoms with Crippen LogP contribution in [0.2, 0.25) is 0 Å². The van der Waals surface area contributed by atoms with Crippen LogP contribution in [0, 0.1) is 5.92 Å². The standard InChI is InChI=1S/C14H24.2C2H6/c1-5-9-11-13(7-3)14(8-4)12-10-6-2;2*1-2/h5,7,9,11,14H,3,6,8,10,12H2,1-2,4H3;2*1-2H3/b9-5-,13-11+;;. The summed E-state index contributed by atoms with van der Waals surface area (Å²) in [4.78, 5) is 0. The number of rotatable bonds is 7. The molecule has 0 saturated heterocycles. The zero-order valence-electron chi connectivity index (χ0n) is 13.9. The molecule has 0 rings (SSSR count). The summed E-state index contributed by atoms with van der Waals surface area (Å²) >= 11 is 0. The molecule has 0 amide bonds. The van der Waals surface area contributed by atoms with Crippen molar-refractivity contribution in [2.24, 2.45) is 5.92 Å². The van der Waals surface area contributed by atoms with Gasteiger partial charge in [-0.3, -0.25) is 0 Å². The molecule has 0 heterocycles. The maximum absolute atomic E-state index is 3.89. The Morgan fingerprint density at radius 1 is 1.11 bits per heavy atom. The van der Waals surface area contributed by atoms with E-state index in [1.807, 2.05) is 40.7 Å². The Balaban J connectivity index is -0.000000506. The van der Waals surface area contributed by atoms with Crippen LogP contribution in [0.15, 0.2) is 36.5 Å². The predicted molar refractivity (Wildman–Crippen MR) is 89.1 cm³/mol. The van der Waals surface area contributed by atoms with Crippen molar-refractivity contribution in [2.75, 3.05) is 0 Å². The molecule has 0 aliphatic carbocycles. The molecule has 0 radical (unpaired) electrons. The van der Waals surface area contributed by atoms with Crippen molar-refractivity contribution in [3.05, 3.63) is 36.5 Å². The molecule has 0 saturated carbocycles. The molecule has 0 spiro atoms. The lowest BCUT2D eigenvalue weighted by Crippen LogP contribution is -2.00. The maximum Gasteiger partial charge on any atom is -0.0165 e. The second-order valence-corrected chi connectivity index (χ2v) is 3.64. The number of allylic oxidation sites excluding steroid dienone is 5. The zero-order valence-corrected chi connectivity index (χ0v) is 13.9. The highest BCUT2D eigenvalue weighted by atomic mass is 14.1. The molecule has 1 atom stereocenters. The quantitative estimate of drug-likeness (QED) is 0.430. The topological polar surface area (TPSA) is 0 Å². The van der Waals surface area contributed by atoms with Gasteiger partial charge in [0, 0.05) is 0 Å². The second kappa shape index (κ2) is 21.5. The van der Waals surface area contributed by atoms with Crippen LogP contribution in [0.5, 0.6) is 0 Å². The van der Waals surface area contributed by atoms with E-state index in [2.05, 4.69) is 38.7 Å². The molecule has 0 aromatic carbocycles. The lowest BCUT2D eigenvalue weighted by molar-refractivity contribution is 0.523. The Bertz CT molecular complexity index is 196. The lowest BCUT2D eigenvalue weighted by Gasteiger charge is -2.15. The molecular formula is C18H36. The minimum Gasteiger partial charge on any atom is -0.0988 e. The Labute approximate surface area is 117 Å². The molecule has 108 valence electrons. The third-order valence-electron chi connectivity index (χ3n) is 2.59. The Kier molecular flexibility index (Phi) is 26.8. The van der Waals surface area contributed by atoms with Crippen LogP contribution in [0.25, 0.3) is 0 Å². The molecule has 0 fully saturated rings. The third kappa shape index (κ3) is 13.3. The molecule has 18 heavy (non-hydrogen) atoms. The van der Waals surface area contributed by atoms with Crippen molar-refractivity contribution in [1.29, 1.82) is 0 Å². The average Bonchev–Trinajstić information content (AvgIpc) is 2.47. The summed E-state index contributed by atoms with van der Waals surface area (Å²) in [7, 11) is 0. The van der Waals surface area contributed by atoms with Crippen LogP contribution < -0.4 is 0 Å². The molecule has 0 aromatic rings. The highest BCUT2D eigenvalue weighted by Crippen LogP contribution is 2.22. The number of unbranched alkanes of at least 4 members (excludes halogenated alkanes) is 1. The normalized spacial score (nSPS) is 12.1. The van der Waals surface area contributed by atoms with Crippen LogP contribution in [-0.4, -0.2) is 0 Å². The molecule has 0 N–H and O–H groups in total. The van der Waals surface area contributed by atoms with E-state index in [0.717, 1.165) is 0 Å². The summed E-state index contributed by atoms with van der Waals surface area (Å²) in [6.45, 7) is 18.4. The van der Waals surface area contributed by atoms with E-state index in [1.165, 1.54) is 31.3 Å². The summed E-state index contributed by atoms with van der Waals surface area (Å²) < 4.78 is 0. The van der Waals surface area contributed by atoms with Gasteiger partial charge in [-0.25, -0.2) is 0 Å². The molecule has 0 bridgehead atoms. The van der Waals surface area contributed by atoms with Crippen molar-refractivity contribution >= 4 is 0 Å². The highest BCUT2D eigenvalue weighted by molar-refractivity contribution is 5.24. The molecular weight excluding hydrogens is 216 g/mol. The van der Waals surface area contributed by atoms with Crippen LogP contribution in [0.1, 0.15) is 74.1 Å². The monoisotopic (exact) mass is 252 g/mol. The van der Waals surface area contributed by atoms with Gasteiger partial charge >= 0.3 is 0 Å². The summed E-state index contributed by atoms with van der Waals surface area (Å²) in [5, 5.41) is 0. The first kappa shape index (κ1) is 22.4. The molecule has 0 heteroatoms. The van der Waals surface area contributed by atoms with E-state index >= 15 is 0 Å². The van der Waals surface area contributed by atoms with Gasteiger partial charge in [0.15, 0.2) is 0 Å². The fourth-order valence-electron chi connectivity index (χ4n) is 1.64. The summed E-state index contributed by atoms with van der Waals surface area (Å²) in [5.74, 6) is 0.698. The zero-order chi connectivity index (χ0) is 14.8. The first-order valence-electron chi connectivity index (χ1n) is 7.75. The minimum absolute atomic E-state index is 0.698. The van der Waals surface area contributed by atoms with Gasteiger partial charge < -0.3 is 0 Å². The fraction of sp³-hybridized carbons (Fsp3) is 0.667. The second-order valence-electron chi connectivity index (χ2n) is 3.64. The SMILES string of the molecule is C=C/C(=C\C=C/C)C(CC)CCCC.CC.CC. The van der Waals surface area contributed by atoms with E-state index in [4.69, 9.17) is 0 Å². The fourth-order valence-corrected chi connectivity index (χ4v) is 1.64. The van der Waals surface area contributed by atoms with Crippen LogP contribution in [0.3, 0.4) is 0 Å². The predicted octanol–water partition coefficient (Wildman–Crippen LogP) is 6.94. The Morgan fingerprint density at radius 2 is 1.67 bits per heavy atom. The molecule has 0 nitrogen and oxygen atoms in total. The van der Waals surface area contributed by atoms with Crippen molar-refractivity contribution in [1.82, 2.24) is 0 Å². The number of hydrogen-bond donors (Lipinski definition) is 0. The number of hydrogen-bond acceptors (Lipinski definition) is 0. The third-order valence-corrected chi connectivity index (χ3v) is 2.59. The lowest BCUT2D eigenvalue weighted by atomic mass is 9.90. The van der Waals surface area contributed by atoms with Gasteiger partial charge in [0.2, 0.25) is 0 Å². The van der Waals surface area contributed by atoms with E-state index in [-0.39, 0.29) is 0 Å². The van der Waals surface area contributed by atoms with Crippen LogP contribution in [0.4, 0.5) is 0 Å². The van der Waals surface area contributed by atoms with E-state index in [9.17, 15) is 0 Å². The van der Waals surface area contributed by atoms with Crippen molar-refractivity contribution in [3.63, 3.8) is 0 Å². The smallest absolute Gasteiger partial charge is 0.0165 e. The van der Waals surface area contributed by atoms with Crippen LogP contribution in [-0.2, 0) is 0 Å². The largest absolute Gasteiger partial charge is 0.0988 e. The van der Waals surface area contributed by atoms with Gasteiger partial charge in [0.25, 0.3) is 0 Å². The maximum atomic E-state index is 3.89. The van der Waals surface area contributed by atoms with Gasteiger partial charge in [0.05, 0.1) is 0 Å². The summed E-state index contributed by atoms with van der Waals surface area (Å²) in [6.07, 6.45) is 13.5. The van der Waals surface area contributed by atoms with Gasteiger partial charge in [-0.1, -0.05) is 85.3 Å². The molecule has 0 aliphatic rings. The van der Waals surface area contributed by atoms with E-state index in [1.54, 1.807) is 0 Å². The van der Waals surface area contributed by atoms with Crippen LogP contribution >= 0.6 is 0 Å². The Hall–Kier alpha value is -0.780. The summed E-state index contributed by atoms with van der Waals surface area (Å²) in [6, 6.07) is 0.